The molecule has 3 atom stereocenters. The second kappa shape index (κ2) is 4.10. The number of nitrogens with one attached hydrogen (secondary N) is 1. The van der Waals surface area contributed by atoms with Gasteiger partial charge in [0.2, 0.25) is 0 Å². The van der Waals surface area contributed by atoms with Gasteiger partial charge in [0.15, 0.2) is 0 Å². The number of aliphatic hydroxyl groups excluding tert-OH is 1. The molecule has 0 aromatic heterocycles. The molecule has 0 aromatic carbocycles. The van der Waals surface area contributed by atoms with Gasteiger partial charge in [0.1, 0.15) is 0 Å². The quantitative estimate of drug-likeness (QED) is 0.628. The molecule has 0 bridgehead atoms. The summed E-state index contributed by atoms with van der Waals surface area (Å²) >= 11 is 0. The Hall–Kier alpha value is -0.610. The molecule has 1 saturated carbocycles. The zero-order valence-electron chi connectivity index (χ0n) is 8.91. The molecule has 2 fully saturated rings. The Bertz CT molecular complexity index is 248. The summed E-state index contributed by atoms with van der Waals surface area (Å²) in [6.45, 7) is 1.28. The van der Waals surface area contributed by atoms with Crippen LogP contribution in [0.25, 0.3) is 0 Å². The number of carboxylic acids is 1. The first-order valence-corrected chi connectivity index (χ1v) is 5.79. The summed E-state index contributed by atoms with van der Waals surface area (Å²) in [5.41, 5.74) is -0.708. The smallest absolute Gasteiger partial charge is 0.311 e. The third kappa shape index (κ3) is 1.76. The Labute approximate surface area is 89.7 Å². The van der Waals surface area contributed by atoms with Crippen molar-refractivity contribution in [3.05, 3.63) is 0 Å². The zero-order chi connectivity index (χ0) is 10.9. The summed E-state index contributed by atoms with van der Waals surface area (Å²) in [5, 5.41) is 22.5. The average molecular weight is 213 g/mol. The number of aliphatic carboxylic acids is 1. The number of hydrogen-bond acceptors (Lipinski definition) is 3. The number of carboxylic acid groups (broad SMARTS) is 1. The van der Waals surface area contributed by atoms with Crippen molar-refractivity contribution in [1.82, 2.24) is 5.32 Å². The van der Waals surface area contributed by atoms with Crippen molar-refractivity contribution in [2.45, 2.75) is 38.2 Å². The van der Waals surface area contributed by atoms with Crippen molar-refractivity contribution in [3.63, 3.8) is 0 Å². The Kier molecular flexibility index (Phi) is 2.98. The lowest BCUT2D eigenvalue weighted by Crippen LogP contribution is -2.47. The molecule has 15 heavy (non-hydrogen) atoms. The number of carbonyl (C=O) groups is 1. The van der Waals surface area contributed by atoms with Crippen molar-refractivity contribution >= 4 is 5.97 Å². The van der Waals surface area contributed by atoms with Gasteiger partial charge in [-0.1, -0.05) is 12.8 Å². The molecule has 1 saturated heterocycles. The van der Waals surface area contributed by atoms with Crippen molar-refractivity contribution in [2.24, 2.45) is 11.3 Å². The van der Waals surface area contributed by atoms with Gasteiger partial charge in [0, 0.05) is 12.5 Å². The van der Waals surface area contributed by atoms with Gasteiger partial charge < -0.3 is 15.5 Å². The van der Waals surface area contributed by atoms with Gasteiger partial charge in [0.05, 0.1) is 11.5 Å². The largest absolute Gasteiger partial charge is 0.481 e. The molecular weight excluding hydrogens is 194 g/mol. The molecule has 0 radical (unpaired) electrons. The summed E-state index contributed by atoms with van der Waals surface area (Å²) in [6.07, 6.45) is 3.94. The molecule has 3 N–H and O–H groups in total. The van der Waals surface area contributed by atoms with Crippen LogP contribution in [0.3, 0.4) is 0 Å². The van der Waals surface area contributed by atoms with Crippen molar-refractivity contribution in [3.8, 4) is 0 Å². The summed E-state index contributed by atoms with van der Waals surface area (Å²) in [6, 6.07) is 0. The van der Waals surface area contributed by atoms with Crippen LogP contribution in [0.4, 0.5) is 0 Å². The van der Waals surface area contributed by atoms with Crippen molar-refractivity contribution in [2.75, 3.05) is 13.1 Å². The van der Waals surface area contributed by atoms with Gasteiger partial charge in [0.25, 0.3) is 0 Å². The maximum absolute atomic E-state index is 11.4. The second-order valence-corrected chi connectivity index (χ2v) is 4.85. The normalized spacial score (nSPS) is 41.7. The van der Waals surface area contributed by atoms with E-state index in [-0.39, 0.29) is 5.92 Å². The fraction of sp³-hybridized carbons (Fsp3) is 0.909. The van der Waals surface area contributed by atoms with E-state index in [9.17, 15) is 15.0 Å². The molecule has 0 spiro atoms. The van der Waals surface area contributed by atoms with E-state index < -0.39 is 17.5 Å². The van der Waals surface area contributed by atoms with E-state index in [0.29, 0.717) is 13.0 Å². The van der Waals surface area contributed by atoms with Crippen LogP contribution in [0.1, 0.15) is 32.1 Å². The van der Waals surface area contributed by atoms with Gasteiger partial charge in [-0.2, -0.15) is 0 Å². The van der Waals surface area contributed by atoms with Crippen LogP contribution in [-0.2, 0) is 4.79 Å². The van der Waals surface area contributed by atoms with Crippen molar-refractivity contribution < 1.29 is 15.0 Å². The minimum Gasteiger partial charge on any atom is -0.481 e. The molecule has 0 amide bonds. The molecule has 2 aliphatic rings. The molecule has 0 aromatic rings. The van der Waals surface area contributed by atoms with Gasteiger partial charge in [-0.3, -0.25) is 4.79 Å². The first-order valence-electron chi connectivity index (χ1n) is 5.79. The van der Waals surface area contributed by atoms with Crippen LogP contribution in [-0.4, -0.2) is 35.4 Å². The predicted octanol–water partition coefficient (Wildman–Crippen LogP) is 0.602. The van der Waals surface area contributed by atoms with Gasteiger partial charge in [-0.25, -0.2) is 0 Å². The lowest BCUT2D eigenvalue weighted by Gasteiger charge is -2.39. The van der Waals surface area contributed by atoms with Crippen LogP contribution < -0.4 is 5.32 Å². The van der Waals surface area contributed by atoms with E-state index in [1.807, 2.05) is 0 Å². The molecule has 86 valence electrons. The van der Waals surface area contributed by atoms with Gasteiger partial charge in [-0.15, -0.1) is 0 Å². The molecule has 1 heterocycles. The predicted molar refractivity (Wildman–Crippen MR) is 55.5 cm³/mol. The van der Waals surface area contributed by atoms with Crippen LogP contribution in [0.2, 0.25) is 0 Å². The maximum Gasteiger partial charge on any atom is 0.311 e. The first-order chi connectivity index (χ1) is 7.17. The molecule has 4 nitrogen and oxygen atoms in total. The molecule has 1 aliphatic carbocycles. The summed E-state index contributed by atoms with van der Waals surface area (Å²) < 4.78 is 0. The fourth-order valence-corrected chi connectivity index (χ4v) is 3.12. The average Bonchev–Trinajstić information content (AvgIpc) is 2.68. The standard InChI is InChI=1S/C11H19NO3/c13-9-4-2-1-3-8(9)11(10(14)15)5-6-12-7-11/h8-9,12-13H,1-7H2,(H,14,15). The summed E-state index contributed by atoms with van der Waals surface area (Å²) in [5.74, 6) is -0.794. The highest BCUT2D eigenvalue weighted by molar-refractivity contribution is 5.76. The zero-order valence-corrected chi connectivity index (χ0v) is 8.91. The molecule has 4 heteroatoms. The minimum atomic E-state index is -0.738. The fourth-order valence-electron chi connectivity index (χ4n) is 3.12. The van der Waals surface area contributed by atoms with E-state index in [2.05, 4.69) is 5.32 Å². The van der Waals surface area contributed by atoms with Crippen molar-refractivity contribution in [1.29, 1.82) is 0 Å². The summed E-state index contributed by atoms with van der Waals surface area (Å²) in [4.78, 5) is 11.4. The monoisotopic (exact) mass is 213 g/mol. The lowest BCUT2D eigenvalue weighted by molar-refractivity contribution is -0.156. The van der Waals surface area contributed by atoms with Gasteiger partial charge >= 0.3 is 5.97 Å². The molecule has 2 rings (SSSR count). The Morgan fingerprint density at radius 1 is 1.33 bits per heavy atom. The maximum atomic E-state index is 11.4. The Balaban J connectivity index is 2.19. The topological polar surface area (TPSA) is 69.6 Å². The van der Waals surface area contributed by atoms with Crippen LogP contribution in [0.15, 0.2) is 0 Å². The van der Waals surface area contributed by atoms with Crippen LogP contribution >= 0.6 is 0 Å². The SMILES string of the molecule is O=C(O)C1(C2CCCCC2O)CCNC1. The molecule has 3 unspecified atom stereocenters. The Morgan fingerprint density at radius 2 is 2.07 bits per heavy atom. The van der Waals surface area contributed by atoms with E-state index >= 15 is 0 Å². The number of aliphatic hydroxyl groups is 1. The highest BCUT2D eigenvalue weighted by Gasteiger charge is 2.50. The highest BCUT2D eigenvalue weighted by atomic mass is 16.4. The second-order valence-electron chi connectivity index (χ2n) is 4.85. The van der Waals surface area contributed by atoms with Gasteiger partial charge in [-0.05, 0) is 25.8 Å². The molecular formula is C11H19NO3. The van der Waals surface area contributed by atoms with E-state index in [0.717, 1.165) is 32.2 Å². The first kappa shape index (κ1) is 10.9. The lowest BCUT2D eigenvalue weighted by atomic mass is 9.67. The number of hydrogen-bond donors (Lipinski definition) is 3. The highest BCUT2D eigenvalue weighted by Crippen LogP contribution is 2.43. The number of rotatable bonds is 2. The van der Waals surface area contributed by atoms with Crippen LogP contribution in [0, 0.1) is 11.3 Å². The van der Waals surface area contributed by atoms with E-state index in [4.69, 9.17) is 0 Å². The van der Waals surface area contributed by atoms with Crippen LogP contribution in [0.5, 0.6) is 0 Å². The summed E-state index contributed by atoms with van der Waals surface area (Å²) in [7, 11) is 0. The Morgan fingerprint density at radius 3 is 2.60 bits per heavy atom. The minimum absolute atomic E-state index is 0.0567. The van der Waals surface area contributed by atoms with E-state index in [1.165, 1.54) is 0 Å². The van der Waals surface area contributed by atoms with E-state index in [1.54, 1.807) is 0 Å². The molecule has 1 aliphatic heterocycles. The third-order valence-corrected chi connectivity index (χ3v) is 4.05. The third-order valence-electron chi connectivity index (χ3n) is 4.05.